The van der Waals surface area contributed by atoms with Crippen LogP contribution < -0.4 is 11.1 Å². The van der Waals surface area contributed by atoms with Gasteiger partial charge < -0.3 is 11.1 Å². The van der Waals surface area contributed by atoms with E-state index in [9.17, 15) is 0 Å². The zero-order chi connectivity index (χ0) is 13.8. The van der Waals surface area contributed by atoms with Gasteiger partial charge in [-0.1, -0.05) is 6.92 Å². The summed E-state index contributed by atoms with van der Waals surface area (Å²) in [7, 11) is 0. The third-order valence-corrected chi connectivity index (χ3v) is 2.90. The molecule has 2 aromatic heterocycles. The average molecular weight is 257 g/mol. The minimum absolute atomic E-state index is 0.119. The summed E-state index contributed by atoms with van der Waals surface area (Å²) in [5, 5.41) is 3.36. The second-order valence-electron chi connectivity index (χ2n) is 4.62. The van der Waals surface area contributed by atoms with Crippen LogP contribution in [0.2, 0.25) is 0 Å². The molecule has 0 amide bonds. The van der Waals surface area contributed by atoms with Crippen LogP contribution in [0.3, 0.4) is 0 Å². The summed E-state index contributed by atoms with van der Waals surface area (Å²) in [6, 6.07) is 6.07. The highest BCUT2D eigenvalue weighted by atomic mass is 15.1. The number of hydrogen-bond donors (Lipinski definition) is 2. The molecule has 5 nitrogen and oxygen atoms in total. The number of nitrogens with one attached hydrogen (secondary N) is 1. The lowest BCUT2D eigenvalue weighted by atomic mass is 10.1. The van der Waals surface area contributed by atoms with Gasteiger partial charge in [-0.3, -0.25) is 4.98 Å². The Morgan fingerprint density at radius 1 is 1.26 bits per heavy atom. The fraction of sp³-hybridized carbons (Fsp3) is 0.357. The Bertz CT molecular complexity index is 547. The van der Waals surface area contributed by atoms with E-state index in [1.807, 2.05) is 25.3 Å². The van der Waals surface area contributed by atoms with E-state index in [0.717, 1.165) is 23.6 Å². The molecule has 100 valence electrons. The molecule has 0 unspecified atom stereocenters. The molecule has 0 spiro atoms. The predicted octanol–water partition coefficient (Wildman–Crippen LogP) is 2.63. The molecular formula is C14H19N5. The second-order valence-corrected chi connectivity index (χ2v) is 4.62. The number of anilines is 2. The smallest absolute Gasteiger partial charge is 0.222 e. The van der Waals surface area contributed by atoms with E-state index in [2.05, 4.69) is 40.2 Å². The van der Waals surface area contributed by atoms with Crippen LogP contribution in [-0.2, 0) is 0 Å². The number of nitrogens with two attached hydrogens (primary N) is 1. The van der Waals surface area contributed by atoms with Gasteiger partial charge >= 0.3 is 0 Å². The first-order valence-corrected chi connectivity index (χ1v) is 6.38. The monoisotopic (exact) mass is 257 g/mol. The van der Waals surface area contributed by atoms with E-state index >= 15 is 0 Å². The first-order valence-electron chi connectivity index (χ1n) is 6.38. The third kappa shape index (κ3) is 3.40. The van der Waals surface area contributed by atoms with E-state index in [0.29, 0.717) is 0 Å². The van der Waals surface area contributed by atoms with Crippen LogP contribution in [0, 0.1) is 13.8 Å². The number of nitrogen functional groups attached to an aromatic ring is 1. The summed E-state index contributed by atoms with van der Waals surface area (Å²) >= 11 is 0. The molecule has 0 saturated carbocycles. The van der Waals surface area contributed by atoms with Crippen molar-refractivity contribution in [2.24, 2.45) is 0 Å². The second kappa shape index (κ2) is 5.65. The molecule has 0 saturated heterocycles. The van der Waals surface area contributed by atoms with Crippen molar-refractivity contribution in [3.8, 4) is 0 Å². The lowest BCUT2D eigenvalue weighted by molar-refractivity contribution is 0.717. The number of pyridine rings is 1. The van der Waals surface area contributed by atoms with Gasteiger partial charge in [0, 0.05) is 18.0 Å². The maximum Gasteiger partial charge on any atom is 0.222 e. The summed E-state index contributed by atoms with van der Waals surface area (Å²) in [6.45, 7) is 6.07. The zero-order valence-corrected chi connectivity index (χ0v) is 11.5. The van der Waals surface area contributed by atoms with Gasteiger partial charge in [0.05, 0.1) is 11.7 Å². The molecule has 1 atom stereocenters. The van der Waals surface area contributed by atoms with Crippen molar-refractivity contribution in [1.82, 2.24) is 15.0 Å². The molecule has 3 N–H and O–H groups in total. The van der Waals surface area contributed by atoms with Gasteiger partial charge in [0.25, 0.3) is 0 Å². The number of rotatable bonds is 4. The van der Waals surface area contributed by atoms with Crippen LogP contribution in [0.1, 0.15) is 36.3 Å². The average Bonchev–Trinajstić information content (AvgIpc) is 2.34. The quantitative estimate of drug-likeness (QED) is 0.880. The molecule has 0 aliphatic carbocycles. The molecule has 0 fully saturated rings. The minimum Gasteiger partial charge on any atom is -0.368 e. The number of nitrogens with zero attached hydrogens (tertiary/aromatic N) is 3. The van der Waals surface area contributed by atoms with Crippen LogP contribution in [0.5, 0.6) is 0 Å². The minimum atomic E-state index is 0.119. The number of aromatic nitrogens is 3. The highest BCUT2D eigenvalue weighted by Gasteiger charge is 2.12. The first kappa shape index (κ1) is 13.3. The molecule has 0 bridgehead atoms. The fourth-order valence-corrected chi connectivity index (χ4v) is 1.98. The molecular weight excluding hydrogens is 238 g/mol. The summed E-state index contributed by atoms with van der Waals surface area (Å²) in [6.07, 6.45) is 2.74. The first-order chi connectivity index (χ1) is 9.08. The lowest BCUT2D eigenvalue weighted by Gasteiger charge is -2.17. The lowest BCUT2D eigenvalue weighted by Crippen LogP contribution is -2.13. The van der Waals surface area contributed by atoms with Gasteiger partial charge in [-0.25, -0.2) is 4.98 Å². The van der Waals surface area contributed by atoms with Crippen molar-refractivity contribution in [2.75, 3.05) is 11.1 Å². The Hall–Kier alpha value is -2.17. The molecule has 0 aromatic carbocycles. The van der Waals surface area contributed by atoms with E-state index in [1.165, 1.54) is 5.56 Å². The van der Waals surface area contributed by atoms with Crippen LogP contribution in [0.25, 0.3) is 0 Å². The Balaban J connectivity index is 2.23. The van der Waals surface area contributed by atoms with Crippen molar-refractivity contribution in [1.29, 1.82) is 0 Å². The van der Waals surface area contributed by atoms with Gasteiger partial charge in [-0.15, -0.1) is 0 Å². The molecule has 0 aliphatic rings. The Kier molecular flexibility index (Phi) is 3.94. The van der Waals surface area contributed by atoms with Gasteiger partial charge in [-0.05, 0) is 38.0 Å². The van der Waals surface area contributed by atoms with Crippen LogP contribution in [0.4, 0.5) is 11.8 Å². The summed E-state index contributed by atoms with van der Waals surface area (Å²) in [5.74, 6) is 1.02. The molecule has 19 heavy (non-hydrogen) atoms. The van der Waals surface area contributed by atoms with Gasteiger partial charge in [0.2, 0.25) is 5.95 Å². The number of hydrogen-bond acceptors (Lipinski definition) is 5. The summed E-state index contributed by atoms with van der Waals surface area (Å²) in [4.78, 5) is 12.7. The Morgan fingerprint density at radius 2 is 2.05 bits per heavy atom. The molecule has 0 radical (unpaired) electrons. The molecule has 5 heteroatoms. The summed E-state index contributed by atoms with van der Waals surface area (Å²) < 4.78 is 0. The SMILES string of the molecule is CC[C@@H](Nc1cc(C)nc(N)n1)c1cc(C)ccn1. The van der Waals surface area contributed by atoms with Crippen molar-refractivity contribution in [2.45, 2.75) is 33.2 Å². The zero-order valence-electron chi connectivity index (χ0n) is 11.5. The highest BCUT2D eigenvalue weighted by molar-refractivity contribution is 5.42. The van der Waals surface area contributed by atoms with Gasteiger partial charge in [-0.2, -0.15) is 4.98 Å². The Labute approximate surface area is 113 Å². The van der Waals surface area contributed by atoms with Crippen LogP contribution in [-0.4, -0.2) is 15.0 Å². The van der Waals surface area contributed by atoms with Crippen molar-refractivity contribution in [3.63, 3.8) is 0 Å². The van der Waals surface area contributed by atoms with Crippen molar-refractivity contribution >= 4 is 11.8 Å². The predicted molar refractivity (Wildman–Crippen MR) is 76.8 cm³/mol. The standard InChI is InChI=1S/C14H19N5/c1-4-11(12-7-9(2)5-6-16-12)18-13-8-10(3)17-14(15)19-13/h5-8,11H,4H2,1-3H3,(H3,15,17,18,19)/t11-/m1/s1. The molecule has 2 rings (SSSR count). The maximum atomic E-state index is 5.66. The maximum absolute atomic E-state index is 5.66. The van der Waals surface area contributed by atoms with Crippen LogP contribution >= 0.6 is 0 Å². The van der Waals surface area contributed by atoms with Crippen molar-refractivity contribution in [3.05, 3.63) is 41.3 Å². The normalized spacial score (nSPS) is 12.2. The Morgan fingerprint density at radius 3 is 2.68 bits per heavy atom. The van der Waals surface area contributed by atoms with Crippen LogP contribution in [0.15, 0.2) is 24.4 Å². The van der Waals surface area contributed by atoms with Crippen molar-refractivity contribution < 1.29 is 0 Å². The third-order valence-electron chi connectivity index (χ3n) is 2.90. The van der Waals surface area contributed by atoms with Gasteiger partial charge in [0.1, 0.15) is 5.82 Å². The molecule has 0 aliphatic heterocycles. The van der Waals surface area contributed by atoms with E-state index in [4.69, 9.17) is 5.73 Å². The molecule has 2 aromatic rings. The fourth-order valence-electron chi connectivity index (χ4n) is 1.98. The summed E-state index contributed by atoms with van der Waals surface area (Å²) in [5.41, 5.74) is 8.72. The van der Waals surface area contributed by atoms with E-state index < -0.39 is 0 Å². The van der Waals surface area contributed by atoms with E-state index in [1.54, 1.807) is 0 Å². The van der Waals surface area contributed by atoms with Gasteiger partial charge in [0.15, 0.2) is 0 Å². The highest BCUT2D eigenvalue weighted by Crippen LogP contribution is 2.21. The number of aryl methyl sites for hydroxylation is 2. The molecule has 2 heterocycles. The van der Waals surface area contributed by atoms with E-state index in [-0.39, 0.29) is 12.0 Å². The largest absolute Gasteiger partial charge is 0.368 e. The topological polar surface area (TPSA) is 76.7 Å².